The third-order valence-corrected chi connectivity index (χ3v) is 3.65. The first-order chi connectivity index (χ1) is 11.3. The Kier molecular flexibility index (Phi) is 5.24. The molecular weight excluding hydrogens is 302 g/mol. The van der Waals surface area contributed by atoms with Crippen molar-refractivity contribution in [1.82, 2.24) is 5.32 Å². The molecule has 2 rings (SSSR count). The molecule has 24 heavy (non-hydrogen) atoms. The highest BCUT2D eigenvalue weighted by atomic mass is 16.2. The molecule has 0 fully saturated rings. The summed E-state index contributed by atoms with van der Waals surface area (Å²) in [7, 11) is 0. The van der Waals surface area contributed by atoms with Gasteiger partial charge in [-0.25, -0.2) is 0 Å². The second-order valence-electron chi connectivity index (χ2n) is 6.19. The normalized spacial score (nSPS) is 10.5. The summed E-state index contributed by atoms with van der Waals surface area (Å²) >= 11 is 0. The number of nitrogen functional groups attached to an aromatic ring is 1. The smallest absolute Gasteiger partial charge is 0.256 e. The molecule has 0 radical (unpaired) electrons. The van der Waals surface area contributed by atoms with E-state index in [0.29, 0.717) is 22.5 Å². The number of nitrogens with two attached hydrogens (primary N) is 1. The maximum atomic E-state index is 12.4. The van der Waals surface area contributed by atoms with Crippen LogP contribution in [-0.4, -0.2) is 17.9 Å². The van der Waals surface area contributed by atoms with Gasteiger partial charge in [0.05, 0.1) is 0 Å². The Morgan fingerprint density at radius 1 is 0.917 bits per heavy atom. The van der Waals surface area contributed by atoms with Crippen molar-refractivity contribution in [2.24, 2.45) is 0 Å². The van der Waals surface area contributed by atoms with Gasteiger partial charge >= 0.3 is 0 Å². The van der Waals surface area contributed by atoms with E-state index in [9.17, 15) is 9.59 Å². The lowest BCUT2D eigenvalue weighted by atomic mass is 10.1. The SMILES string of the molecule is Cc1ccc(N)cc1C(=O)Nc1ccc(C(=O)NC(C)C)c(C)c1. The topological polar surface area (TPSA) is 84.2 Å². The Morgan fingerprint density at radius 2 is 1.62 bits per heavy atom. The minimum absolute atomic E-state index is 0.0720. The number of hydrogen-bond acceptors (Lipinski definition) is 3. The molecule has 126 valence electrons. The molecule has 0 spiro atoms. The summed E-state index contributed by atoms with van der Waals surface area (Å²) in [5.41, 5.74) is 9.72. The molecule has 0 aromatic heterocycles. The van der Waals surface area contributed by atoms with Crippen LogP contribution in [-0.2, 0) is 0 Å². The highest BCUT2D eigenvalue weighted by molar-refractivity contribution is 6.06. The summed E-state index contributed by atoms with van der Waals surface area (Å²) in [6.07, 6.45) is 0. The van der Waals surface area contributed by atoms with Crippen molar-refractivity contribution >= 4 is 23.2 Å². The van der Waals surface area contributed by atoms with Crippen LogP contribution in [0.1, 0.15) is 45.7 Å². The Bertz CT molecular complexity index is 782. The first kappa shape index (κ1) is 17.5. The highest BCUT2D eigenvalue weighted by Crippen LogP contribution is 2.18. The Labute approximate surface area is 142 Å². The number of rotatable bonds is 4. The number of carbonyl (C=O) groups excluding carboxylic acids is 2. The first-order valence-electron chi connectivity index (χ1n) is 7.87. The van der Waals surface area contributed by atoms with Gasteiger partial charge in [0.1, 0.15) is 0 Å². The van der Waals surface area contributed by atoms with Crippen LogP contribution in [0.2, 0.25) is 0 Å². The predicted molar refractivity (Wildman–Crippen MR) is 97.3 cm³/mol. The van der Waals surface area contributed by atoms with E-state index in [1.165, 1.54) is 0 Å². The van der Waals surface area contributed by atoms with Gasteiger partial charge in [-0.3, -0.25) is 9.59 Å². The zero-order chi connectivity index (χ0) is 17.9. The van der Waals surface area contributed by atoms with Crippen molar-refractivity contribution in [3.63, 3.8) is 0 Å². The number of aryl methyl sites for hydroxylation is 2. The van der Waals surface area contributed by atoms with E-state index in [2.05, 4.69) is 10.6 Å². The molecule has 0 aliphatic heterocycles. The summed E-state index contributed by atoms with van der Waals surface area (Å²) < 4.78 is 0. The molecule has 2 amide bonds. The third kappa shape index (κ3) is 4.13. The van der Waals surface area contributed by atoms with Crippen molar-refractivity contribution in [1.29, 1.82) is 0 Å². The van der Waals surface area contributed by atoms with Crippen LogP contribution in [0.15, 0.2) is 36.4 Å². The molecule has 5 heteroatoms. The van der Waals surface area contributed by atoms with Crippen molar-refractivity contribution in [2.75, 3.05) is 11.1 Å². The molecule has 0 bridgehead atoms. The molecule has 0 saturated carbocycles. The van der Waals surface area contributed by atoms with Gasteiger partial charge in [-0.2, -0.15) is 0 Å². The molecule has 0 aliphatic carbocycles. The lowest BCUT2D eigenvalue weighted by Crippen LogP contribution is -2.30. The van der Waals surface area contributed by atoms with E-state index in [-0.39, 0.29) is 17.9 Å². The molecular formula is C19H23N3O2. The molecule has 5 nitrogen and oxygen atoms in total. The highest BCUT2D eigenvalue weighted by Gasteiger charge is 2.13. The van der Waals surface area contributed by atoms with Crippen LogP contribution >= 0.6 is 0 Å². The minimum Gasteiger partial charge on any atom is -0.399 e. The Hall–Kier alpha value is -2.82. The van der Waals surface area contributed by atoms with Crippen LogP contribution in [0.4, 0.5) is 11.4 Å². The fraction of sp³-hybridized carbons (Fsp3) is 0.263. The number of anilines is 2. The van der Waals surface area contributed by atoms with Gasteiger partial charge in [-0.15, -0.1) is 0 Å². The summed E-state index contributed by atoms with van der Waals surface area (Å²) in [6, 6.07) is 10.5. The van der Waals surface area contributed by atoms with Crippen LogP contribution in [0.25, 0.3) is 0 Å². The predicted octanol–water partition coefficient (Wildman–Crippen LogP) is 3.28. The monoisotopic (exact) mass is 325 g/mol. The Morgan fingerprint density at radius 3 is 2.25 bits per heavy atom. The van der Waals surface area contributed by atoms with Gasteiger partial charge in [0.2, 0.25) is 0 Å². The number of amides is 2. The lowest BCUT2D eigenvalue weighted by Gasteiger charge is -2.13. The van der Waals surface area contributed by atoms with Crippen LogP contribution < -0.4 is 16.4 Å². The van der Waals surface area contributed by atoms with Gasteiger partial charge in [0, 0.05) is 28.5 Å². The molecule has 2 aromatic rings. The maximum absolute atomic E-state index is 12.4. The van der Waals surface area contributed by atoms with Crippen LogP contribution in [0, 0.1) is 13.8 Å². The first-order valence-corrected chi connectivity index (χ1v) is 7.87. The molecule has 4 N–H and O–H groups in total. The molecule has 0 unspecified atom stereocenters. The van der Waals surface area contributed by atoms with Gasteiger partial charge in [-0.1, -0.05) is 6.07 Å². The second-order valence-corrected chi connectivity index (χ2v) is 6.19. The van der Waals surface area contributed by atoms with E-state index < -0.39 is 0 Å². The zero-order valence-corrected chi connectivity index (χ0v) is 14.4. The summed E-state index contributed by atoms with van der Waals surface area (Å²) in [4.78, 5) is 24.5. The van der Waals surface area contributed by atoms with Crippen LogP contribution in [0.3, 0.4) is 0 Å². The standard InChI is InChI=1S/C19H23N3O2/c1-11(2)21-18(23)16-8-7-15(9-13(16)4)22-19(24)17-10-14(20)6-5-12(17)3/h5-11H,20H2,1-4H3,(H,21,23)(H,22,24). The second kappa shape index (κ2) is 7.17. The van der Waals surface area contributed by atoms with E-state index in [1.54, 1.807) is 30.3 Å². The number of carbonyl (C=O) groups is 2. The van der Waals surface area contributed by atoms with E-state index in [4.69, 9.17) is 5.73 Å². The van der Waals surface area contributed by atoms with Crippen LogP contribution in [0.5, 0.6) is 0 Å². The average Bonchev–Trinajstić information content (AvgIpc) is 2.48. The fourth-order valence-corrected chi connectivity index (χ4v) is 2.42. The van der Waals surface area contributed by atoms with E-state index in [0.717, 1.165) is 11.1 Å². The third-order valence-electron chi connectivity index (χ3n) is 3.65. The largest absolute Gasteiger partial charge is 0.399 e. The quantitative estimate of drug-likeness (QED) is 0.754. The summed E-state index contributed by atoms with van der Waals surface area (Å²) in [5, 5.41) is 5.71. The summed E-state index contributed by atoms with van der Waals surface area (Å²) in [6.45, 7) is 7.53. The molecule has 0 heterocycles. The Balaban J connectivity index is 2.19. The van der Waals surface area contributed by atoms with E-state index in [1.807, 2.05) is 33.8 Å². The van der Waals surface area contributed by atoms with E-state index >= 15 is 0 Å². The maximum Gasteiger partial charge on any atom is 0.256 e. The average molecular weight is 325 g/mol. The molecule has 0 atom stereocenters. The lowest BCUT2D eigenvalue weighted by molar-refractivity contribution is 0.0942. The number of hydrogen-bond donors (Lipinski definition) is 3. The fourth-order valence-electron chi connectivity index (χ4n) is 2.42. The molecule has 2 aromatic carbocycles. The van der Waals surface area contributed by atoms with Crippen molar-refractivity contribution in [2.45, 2.75) is 33.7 Å². The minimum atomic E-state index is -0.224. The van der Waals surface area contributed by atoms with Crippen molar-refractivity contribution in [3.05, 3.63) is 58.7 Å². The number of benzene rings is 2. The van der Waals surface area contributed by atoms with Gasteiger partial charge in [0.25, 0.3) is 11.8 Å². The van der Waals surface area contributed by atoms with Crippen molar-refractivity contribution < 1.29 is 9.59 Å². The van der Waals surface area contributed by atoms with Crippen molar-refractivity contribution in [3.8, 4) is 0 Å². The summed E-state index contributed by atoms with van der Waals surface area (Å²) in [5.74, 6) is -0.342. The van der Waals surface area contributed by atoms with Gasteiger partial charge in [0.15, 0.2) is 0 Å². The molecule has 0 saturated heterocycles. The van der Waals surface area contributed by atoms with Gasteiger partial charge in [-0.05, 0) is 69.2 Å². The molecule has 0 aliphatic rings. The zero-order valence-electron chi connectivity index (χ0n) is 14.4. The van der Waals surface area contributed by atoms with Gasteiger partial charge < -0.3 is 16.4 Å². The number of nitrogens with one attached hydrogen (secondary N) is 2.